The second-order valence-electron chi connectivity index (χ2n) is 6.93. The minimum atomic E-state index is -0.0751. The molecular formula is C18H23ClN2O2. The largest absolute Gasteiger partial charge is 0.492 e. The summed E-state index contributed by atoms with van der Waals surface area (Å²) in [6.07, 6.45) is 4.31. The van der Waals surface area contributed by atoms with Crippen LogP contribution in [0.25, 0.3) is 0 Å². The summed E-state index contributed by atoms with van der Waals surface area (Å²) in [5.41, 5.74) is 1.06. The number of nitrogens with zero attached hydrogens (tertiary/aromatic N) is 2. The van der Waals surface area contributed by atoms with Gasteiger partial charge in [0.1, 0.15) is 12.4 Å². The summed E-state index contributed by atoms with van der Waals surface area (Å²) >= 11 is 6.08. The van der Waals surface area contributed by atoms with Gasteiger partial charge in [-0.1, -0.05) is 11.6 Å². The Labute approximate surface area is 142 Å². The van der Waals surface area contributed by atoms with Crippen LogP contribution in [-0.2, 0) is 11.2 Å². The van der Waals surface area contributed by atoms with Gasteiger partial charge in [0.2, 0.25) is 5.91 Å². The Morgan fingerprint density at radius 1 is 1.22 bits per heavy atom. The van der Waals surface area contributed by atoms with Crippen LogP contribution in [0.15, 0.2) is 18.2 Å². The van der Waals surface area contributed by atoms with Crippen molar-refractivity contribution in [2.75, 3.05) is 32.8 Å². The van der Waals surface area contributed by atoms with Gasteiger partial charge in [0.15, 0.2) is 0 Å². The Bertz CT molecular complexity index is 607. The molecule has 0 spiro atoms. The predicted octanol–water partition coefficient (Wildman–Crippen LogP) is 2.59. The lowest BCUT2D eigenvalue weighted by atomic mass is 9.95. The first kappa shape index (κ1) is 15.3. The fourth-order valence-corrected chi connectivity index (χ4v) is 4.38. The van der Waals surface area contributed by atoms with Gasteiger partial charge in [-0.3, -0.25) is 9.69 Å². The standard InChI is InChI=1S/C18H23ClN2O2/c19-15-4-5-17-13(10-15)9-14(12-23-17)18(22)21-8-2-7-20-6-1-3-16(20)11-21/h4-5,10,14,16H,1-3,6-9,11-12H2/t14-,16-/m0/s1. The Hall–Kier alpha value is -1.26. The molecule has 0 aromatic heterocycles. The lowest BCUT2D eigenvalue weighted by Gasteiger charge is -2.31. The summed E-state index contributed by atoms with van der Waals surface area (Å²) in [5.74, 6) is 1.05. The van der Waals surface area contributed by atoms with Crippen LogP contribution in [0.2, 0.25) is 5.02 Å². The van der Waals surface area contributed by atoms with E-state index in [1.165, 1.54) is 19.4 Å². The summed E-state index contributed by atoms with van der Waals surface area (Å²) in [5, 5.41) is 0.705. The highest BCUT2D eigenvalue weighted by Gasteiger charge is 2.34. The number of carbonyl (C=O) groups is 1. The number of fused-ring (bicyclic) bond motifs is 2. The van der Waals surface area contributed by atoms with Crippen LogP contribution in [0, 0.1) is 5.92 Å². The van der Waals surface area contributed by atoms with Crippen LogP contribution in [0.3, 0.4) is 0 Å². The predicted molar refractivity (Wildman–Crippen MR) is 89.9 cm³/mol. The number of amides is 1. The van der Waals surface area contributed by atoms with E-state index in [9.17, 15) is 4.79 Å². The van der Waals surface area contributed by atoms with Crippen LogP contribution in [0.5, 0.6) is 5.75 Å². The number of rotatable bonds is 1. The highest BCUT2D eigenvalue weighted by atomic mass is 35.5. The van der Waals surface area contributed by atoms with Gasteiger partial charge >= 0.3 is 0 Å². The lowest BCUT2D eigenvalue weighted by Crippen LogP contribution is -2.44. The van der Waals surface area contributed by atoms with Crippen molar-refractivity contribution >= 4 is 17.5 Å². The molecule has 1 aromatic rings. The van der Waals surface area contributed by atoms with Crippen molar-refractivity contribution in [2.45, 2.75) is 31.7 Å². The van der Waals surface area contributed by atoms with Gasteiger partial charge < -0.3 is 9.64 Å². The summed E-state index contributed by atoms with van der Waals surface area (Å²) in [6, 6.07) is 6.23. The number of hydrogen-bond acceptors (Lipinski definition) is 3. The summed E-state index contributed by atoms with van der Waals surface area (Å²) in [4.78, 5) is 17.6. The van der Waals surface area contributed by atoms with Crippen molar-refractivity contribution in [1.82, 2.24) is 9.80 Å². The van der Waals surface area contributed by atoms with E-state index in [1.807, 2.05) is 18.2 Å². The highest BCUT2D eigenvalue weighted by Crippen LogP contribution is 2.31. The average Bonchev–Trinajstić information content (AvgIpc) is 2.90. The first-order valence-electron chi connectivity index (χ1n) is 8.65. The van der Waals surface area contributed by atoms with Gasteiger partial charge in [-0.15, -0.1) is 0 Å². The molecule has 0 aliphatic carbocycles. The van der Waals surface area contributed by atoms with Crippen molar-refractivity contribution in [2.24, 2.45) is 5.92 Å². The smallest absolute Gasteiger partial charge is 0.229 e. The molecule has 1 aromatic carbocycles. The van der Waals surface area contributed by atoms with E-state index in [2.05, 4.69) is 9.80 Å². The van der Waals surface area contributed by atoms with Gasteiger partial charge in [-0.25, -0.2) is 0 Å². The van der Waals surface area contributed by atoms with Crippen molar-refractivity contribution < 1.29 is 9.53 Å². The lowest BCUT2D eigenvalue weighted by molar-refractivity contribution is -0.137. The highest BCUT2D eigenvalue weighted by molar-refractivity contribution is 6.30. The van der Waals surface area contributed by atoms with E-state index in [1.54, 1.807) is 0 Å². The monoisotopic (exact) mass is 334 g/mol. The number of carbonyl (C=O) groups excluding carboxylic acids is 1. The van der Waals surface area contributed by atoms with Crippen molar-refractivity contribution in [1.29, 1.82) is 0 Å². The zero-order chi connectivity index (χ0) is 15.8. The summed E-state index contributed by atoms with van der Waals surface area (Å²) < 4.78 is 5.80. The van der Waals surface area contributed by atoms with Gasteiger partial charge in [0, 0.05) is 30.7 Å². The second-order valence-corrected chi connectivity index (χ2v) is 7.37. The van der Waals surface area contributed by atoms with Crippen LogP contribution >= 0.6 is 11.6 Å². The number of halogens is 1. The number of hydrogen-bond donors (Lipinski definition) is 0. The molecule has 23 heavy (non-hydrogen) atoms. The average molecular weight is 335 g/mol. The molecule has 0 bridgehead atoms. The molecule has 3 aliphatic rings. The van der Waals surface area contributed by atoms with E-state index in [4.69, 9.17) is 16.3 Å². The fraction of sp³-hybridized carbons (Fsp3) is 0.611. The van der Waals surface area contributed by atoms with Crippen LogP contribution in [-0.4, -0.2) is 54.5 Å². The molecule has 0 saturated carbocycles. The maximum absolute atomic E-state index is 13.0. The topological polar surface area (TPSA) is 32.8 Å². The third kappa shape index (κ3) is 3.07. The molecule has 0 radical (unpaired) electrons. The third-order valence-corrected chi connectivity index (χ3v) is 5.63. The van der Waals surface area contributed by atoms with Gasteiger partial charge in [-0.05, 0) is 56.0 Å². The molecule has 2 saturated heterocycles. The quantitative estimate of drug-likeness (QED) is 0.791. The van der Waals surface area contributed by atoms with E-state index in [0.717, 1.165) is 43.8 Å². The Balaban J connectivity index is 1.46. The molecule has 5 heteroatoms. The Kier molecular flexibility index (Phi) is 4.20. The van der Waals surface area contributed by atoms with E-state index < -0.39 is 0 Å². The first-order valence-corrected chi connectivity index (χ1v) is 9.02. The van der Waals surface area contributed by atoms with Crippen LogP contribution in [0.1, 0.15) is 24.8 Å². The maximum atomic E-state index is 13.0. The summed E-state index contributed by atoms with van der Waals surface area (Å²) in [6.45, 7) is 4.58. The van der Waals surface area contributed by atoms with Crippen molar-refractivity contribution in [3.8, 4) is 5.75 Å². The van der Waals surface area contributed by atoms with Crippen LogP contribution in [0.4, 0.5) is 0 Å². The normalized spacial score (nSPS) is 27.8. The zero-order valence-electron chi connectivity index (χ0n) is 13.3. The number of benzene rings is 1. The minimum absolute atomic E-state index is 0.0751. The van der Waals surface area contributed by atoms with Crippen LogP contribution < -0.4 is 4.74 Å². The Morgan fingerprint density at radius 3 is 3.00 bits per heavy atom. The molecule has 4 rings (SSSR count). The molecule has 3 heterocycles. The fourth-order valence-electron chi connectivity index (χ4n) is 4.19. The third-order valence-electron chi connectivity index (χ3n) is 5.39. The minimum Gasteiger partial charge on any atom is -0.492 e. The van der Waals surface area contributed by atoms with E-state index in [0.29, 0.717) is 17.7 Å². The molecule has 1 amide bonds. The summed E-state index contributed by atoms with van der Waals surface area (Å²) in [7, 11) is 0. The van der Waals surface area contributed by atoms with Gasteiger partial charge in [0.05, 0.1) is 5.92 Å². The van der Waals surface area contributed by atoms with Gasteiger partial charge in [-0.2, -0.15) is 0 Å². The SMILES string of the molecule is O=C([C@@H]1COc2ccc(Cl)cc2C1)N1CCCN2CCC[C@H]2C1. The Morgan fingerprint density at radius 2 is 2.09 bits per heavy atom. The molecule has 3 aliphatic heterocycles. The zero-order valence-corrected chi connectivity index (χ0v) is 14.1. The number of ether oxygens (including phenoxy) is 1. The molecular weight excluding hydrogens is 312 g/mol. The van der Waals surface area contributed by atoms with Gasteiger partial charge in [0.25, 0.3) is 0 Å². The molecule has 2 atom stereocenters. The second kappa shape index (κ2) is 6.33. The van der Waals surface area contributed by atoms with E-state index in [-0.39, 0.29) is 11.8 Å². The molecule has 4 nitrogen and oxygen atoms in total. The van der Waals surface area contributed by atoms with Crippen molar-refractivity contribution in [3.63, 3.8) is 0 Å². The molecule has 2 fully saturated rings. The molecule has 124 valence electrons. The first-order chi connectivity index (χ1) is 11.2. The van der Waals surface area contributed by atoms with Crippen molar-refractivity contribution in [3.05, 3.63) is 28.8 Å². The molecule has 0 unspecified atom stereocenters. The van der Waals surface area contributed by atoms with E-state index >= 15 is 0 Å². The molecule has 0 N–H and O–H groups in total. The maximum Gasteiger partial charge on any atom is 0.229 e.